The molecule has 2 aromatic rings. The van der Waals surface area contributed by atoms with Crippen LogP contribution < -0.4 is 5.32 Å². The first-order valence-corrected chi connectivity index (χ1v) is 8.63. The van der Waals surface area contributed by atoms with Crippen molar-refractivity contribution in [1.82, 2.24) is 10.2 Å². The fourth-order valence-corrected chi connectivity index (χ4v) is 3.63. The van der Waals surface area contributed by atoms with E-state index in [9.17, 15) is 4.79 Å². The molecule has 0 radical (unpaired) electrons. The highest BCUT2D eigenvalue weighted by molar-refractivity contribution is 5.86. The third kappa shape index (κ3) is 3.36. The maximum Gasteiger partial charge on any atom is 0.242 e. The van der Waals surface area contributed by atoms with E-state index in [-0.39, 0.29) is 5.91 Å². The van der Waals surface area contributed by atoms with E-state index in [1.807, 2.05) is 14.1 Å². The zero-order valence-corrected chi connectivity index (χ0v) is 14.8. The Labute approximate surface area is 144 Å². The second-order valence-corrected chi connectivity index (χ2v) is 7.06. The molecule has 2 aromatic carbocycles. The second kappa shape index (κ2) is 6.78. The lowest BCUT2D eigenvalue weighted by molar-refractivity contribution is -0.135. The molecule has 1 N–H and O–H groups in total. The third-order valence-electron chi connectivity index (χ3n) is 4.87. The number of rotatable bonds is 4. The SMILES string of the molecule is Cc1cccc(-c2ccc(CC3(C(=O)N(C)C)CCCN3)cc2)c1. The molecule has 3 rings (SSSR count). The summed E-state index contributed by atoms with van der Waals surface area (Å²) >= 11 is 0. The van der Waals surface area contributed by atoms with Crippen LogP contribution in [0.1, 0.15) is 24.0 Å². The van der Waals surface area contributed by atoms with Gasteiger partial charge in [-0.1, -0.05) is 54.1 Å². The maximum atomic E-state index is 12.7. The zero-order valence-electron chi connectivity index (χ0n) is 14.8. The number of aryl methyl sites for hydroxylation is 1. The molecule has 0 aromatic heterocycles. The highest BCUT2D eigenvalue weighted by Gasteiger charge is 2.41. The second-order valence-electron chi connectivity index (χ2n) is 7.06. The van der Waals surface area contributed by atoms with E-state index < -0.39 is 5.54 Å². The van der Waals surface area contributed by atoms with E-state index in [1.54, 1.807) is 4.90 Å². The van der Waals surface area contributed by atoms with Gasteiger partial charge in [0.25, 0.3) is 0 Å². The summed E-state index contributed by atoms with van der Waals surface area (Å²) in [5, 5.41) is 3.46. The number of amides is 1. The largest absolute Gasteiger partial charge is 0.347 e. The van der Waals surface area contributed by atoms with Crippen molar-refractivity contribution >= 4 is 5.91 Å². The summed E-state index contributed by atoms with van der Waals surface area (Å²) in [7, 11) is 3.68. The number of likely N-dealkylation sites (N-methyl/N-ethyl adjacent to an activating group) is 1. The Bertz CT molecular complexity index is 713. The lowest BCUT2D eigenvalue weighted by Crippen LogP contribution is -2.54. The highest BCUT2D eigenvalue weighted by Crippen LogP contribution is 2.27. The Morgan fingerprint density at radius 1 is 1.12 bits per heavy atom. The van der Waals surface area contributed by atoms with Crippen LogP contribution in [0.5, 0.6) is 0 Å². The van der Waals surface area contributed by atoms with Crippen LogP contribution in [0.25, 0.3) is 11.1 Å². The molecule has 1 aliphatic heterocycles. The summed E-state index contributed by atoms with van der Waals surface area (Å²) in [5.41, 5.74) is 4.49. The van der Waals surface area contributed by atoms with Gasteiger partial charge in [0.2, 0.25) is 5.91 Å². The molecule has 1 unspecified atom stereocenters. The van der Waals surface area contributed by atoms with Crippen LogP contribution in [0.2, 0.25) is 0 Å². The zero-order chi connectivity index (χ0) is 17.2. The summed E-state index contributed by atoms with van der Waals surface area (Å²) in [5.74, 6) is 0.183. The molecule has 3 nitrogen and oxygen atoms in total. The van der Waals surface area contributed by atoms with E-state index in [2.05, 4.69) is 60.8 Å². The normalized spacial score (nSPS) is 20.1. The Kier molecular flexibility index (Phi) is 4.72. The minimum atomic E-state index is -0.436. The Balaban J connectivity index is 1.81. The molecule has 0 bridgehead atoms. The van der Waals surface area contributed by atoms with Crippen LogP contribution in [0, 0.1) is 6.92 Å². The van der Waals surface area contributed by atoms with Crippen molar-refractivity contribution in [1.29, 1.82) is 0 Å². The Morgan fingerprint density at radius 2 is 1.88 bits per heavy atom. The first kappa shape index (κ1) is 16.7. The summed E-state index contributed by atoms with van der Waals surface area (Å²) in [6.45, 7) is 3.03. The molecule has 1 amide bonds. The molecule has 1 aliphatic rings. The number of hydrogen-bond donors (Lipinski definition) is 1. The Morgan fingerprint density at radius 3 is 2.46 bits per heavy atom. The first-order valence-electron chi connectivity index (χ1n) is 8.63. The van der Waals surface area contributed by atoms with E-state index in [0.29, 0.717) is 0 Å². The van der Waals surface area contributed by atoms with Crippen molar-refractivity contribution in [2.75, 3.05) is 20.6 Å². The molecule has 0 spiro atoms. The van der Waals surface area contributed by atoms with Gasteiger partial charge in [-0.05, 0) is 49.4 Å². The predicted molar refractivity (Wildman–Crippen MR) is 99.0 cm³/mol. The molecule has 1 fully saturated rings. The smallest absolute Gasteiger partial charge is 0.242 e. The number of carbonyl (C=O) groups excluding carboxylic acids is 1. The molecule has 0 saturated carbocycles. The van der Waals surface area contributed by atoms with Gasteiger partial charge in [0.1, 0.15) is 5.54 Å². The van der Waals surface area contributed by atoms with E-state index in [4.69, 9.17) is 0 Å². The summed E-state index contributed by atoms with van der Waals surface area (Å²) in [4.78, 5) is 14.4. The quantitative estimate of drug-likeness (QED) is 0.935. The van der Waals surface area contributed by atoms with Crippen LogP contribution in [-0.4, -0.2) is 37.0 Å². The summed E-state index contributed by atoms with van der Waals surface area (Å²) in [6.07, 6.45) is 2.71. The minimum Gasteiger partial charge on any atom is -0.347 e. The first-order chi connectivity index (χ1) is 11.5. The highest BCUT2D eigenvalue weighted by atomic mass is 16.2. The fourth-order valence-electron chi connectivity index (χ4n) is 3.63. The molecule has 1 atom stereocenters. The van der Waals surface area contributed by atoms with E-state index in [1.165, 1.54) is 22.3 Å². The lowest BCUT2D eigenvalue weighted by Gasteiger charge is -2.31. The van der Waals surface area contributed by atoms with Crippen molar-refractivity contribution in [3.05, 3.63) is 59.7 Å². The van der Waals surface area contributed by atoms with Gasteiger partial charge in [0.15, 0.2) is 0 Å². The fraction of sp³-hybridized carbons (Fsp3) is 0.381. The van der Waals surface area contributed by atoms with E-state index in [0.717, 1.165) is 25.8 Å². The molecule has 3 heteroatoms. The monoisotopic (exact) mass is 322 g/mol. The molecule has 1 saturated heterocycles. The van der Waals surface area contributed by atoms with Gasteiger partial charge in [-0.25, -0.2) is 0 Å². The summed E-state index contributed by atoms with van der Waals surface area (Å²) in [6, 6.07) is 17.2. The van der Waals surface area contributed by atoms with Crippen molar-refractivity contribution < 1.29 is 4.79 Å². The standard InChI is InChI=1S/C21H26N2O/c1-16-6-4-7-19(14-16)18-10-8-17(9-11-18)15-21(12-5-13-22-21)20(24)23(2)3/h4,6-11,14,22H,5,12-13,15H2,1-3H3. The van der Waals surface area contributed by atoms with Crippen molar-refractivity contribution in [3.63, 3.8) is 0 Å². The number of benzene rings is 2. The molecule has 1 heterocycles. The molecule has 24 heavy (non-hydrogen) atoms. The van der Waals surface area contributed by atoms with Gasteiger partial charge in [0, 0.05) is 14.1 Å². The van der Waals surface area contributed by atoms with Gasteiger partial charge < -0.3 is 10.2 Å². The third-order valence-corrected chi connectivity index (χ3v) is 4.87. The average Bonchev–Trinajstić information content (AvgIpc) is 3.04. The van der Waals surface area contributed by atoms with Gasteiger partial charge >= 0.3 is 0 Å². The van der Waals surface area contributed by atoms with Crippen LogP contribution in [0.4, 0.5) is 0 Å². The lowest BCUT2D eigenvalue weighted by atomic mass is 9.87. The van der Waals surface area contributed by atoms with Crippen molar-refractivity contribution in [2.24, 2.45) is 0 Å². The van der Waals surface area contributed by atoms with Gasteiger partial charge in [-0.15, -0.1) is 0 Å². The van der Waals surface area contributed by atoms with Gasteiger partial charge in [0.05, 0.1) is 0 Å². The Hall–Kier alpha value is -2.13. The topological polar surface area (TPSA) is 32.3 Å². The minimum absolute atomic E-state index is 0.183. The van der Waals surface area contributed by atoms with Crippen LogP contribution >= 0.6 is 0 Å². The van der Waals surface area contributed by atoms with Crippen LogP contribution in [0.3, 0.4) is 0 Å². The summed E-state index contributed by atoms with van der Waals surface area (Å²) < 4.78 is 0. The number of nitrogens with one attached hydrogen (secondary N) is 1. The molecular formula is C21H26N2O. The number of hydrogen-bond acceptors (Lipinski definition) is 2. The molecule has 0 aliphatic carbocycles. The number of carbonyl (C=O) groups is 1. The van der Waals surface area contributed by atoms with E-state index >= 15 is 0 Å². The predicted octanol–water partition coefficient (Wildman–Crippen LogP) is 3.41. The average molecular weight is 322 g/mol. The maximum absolute atomic E-state index is 12.7. The van der Waals surface area contributed by atoms with Crippen LogP contribution in [-0.2, 0) is 11.2 Å². The van der Waals surface area contributed by atoms with Crippen LogP contribution in [0.15, 0.2) is 48.5 Å². The number of nitrogens with zero attached hydrogens (tertiary/aromatic N) is 1. The molecular weight excluding hydrogens is 296 g/mol. The van der Waals surface area contributed by atoms with Gasteiger partial charge in [-0.3, -0.25) is 4.79 Å². The molecule has 126 valence electrons. The van der Waals surface area contributed by atoms with Crippen molar-refractivity contribution in [3.8, 4) is 11.1 Å². The van der Waals surface area contributed by atoms with Crippen molar-refractivity contribution in [2.45, 2.75) is 31.7 Å². The van der Waals surface area contributed by atoms with Gasteiger partial charge in [-0.2, -0.15) is 0 Å².